The minimum Gasteiger partial charge on any atom is -0.313 e. The van der Waals surface area contributed by atoms with E-state index in [9.17, 15) is 0 Å². The van der Waals surface area contributed by atoms with Gasteiger partial charge in [-0.15, -0.1) is 11.3 Å². The van der Waals surface area contributed by atoms with Gasteiger partial charge < -0.3 is 5.32 Å². The second kappa shape index (κ2) is 7.57. The van der Waals surface area contributed by atoms with E-state index in [4.69, 9.17) is 0 Å². The van der Waals surface area contributed by atoms with E-state index in [1.54, 1.807) is 10.4 Å². The van der Waals surface area contributed by atoms with E-state index in [0.29, 0.717) is 6.04 Å². The highest BCUT2D eigenvalue weighted by Crippen LogP contribution is 2.38. The first kappa shape index (κ1) is 15.3. The van der Waals surface area contributed by atoms with Crippen LogP contribution in [0.25, 0.3) is 0 Å². The van der Waals surface area contributed by atoms with Crippen molar-refractivity contribution in [1.82, 2.24) is 5.32 Å². The van der Waals surface area contributed by atoms with Gasteiger partial charge in [0, 0.05) is 16.8 Å². The van der Waals surface area contributed by atoms with Gasteiger partial charge in [-0.25, -0.2) is 0 Å². The molecule has 2 atom stereocenters. The Bertz CT molecular complexity index is 529. The van der Waals surface area contributed by atoms with Crippen molar-refractivity contribution in [3.05, 3.63) is 44.3 Å². The van der Waals surface area contributed by atoms with Crippen molar-refractivity contribution in [2.45, 2.75) is 57.4 Å². The molecule has 0 amide bonds. The minimum atomic E-state index is 0.637. The Morgan fingerprint density at radius 2 is 2.29 bits per heavy atom. The average Bonchev–Trinajstić information content (AvgIpc) is 3.18. The molecule has 0 aromatic carbocycles. The molecular formula is C18H25NS2. The van der Waals surface area contributed by atoms with Gasteiger partial charge in [-0.1, -0.05) is 6.92 Å². The zero-order valence-electron chi connectivity index (χ0n) is 12.8. The maximum atomic E-state index is 3.84. The van der Waals surface area contributed by atoms with Gasteiger partial charge in [-0.05, 0) is 84.5 Å². The molecule has 1 nitrogen and oxygen atoms in total. The van der Waals surface area contributed by atoms with E-state index < -0.39 is 0 Å². The Labute approximate surface area is 136 Å². The van der Waals surface area contributed by atoms with Crippen LogP contribution in [0.5, 0.6) is 0 Å². The van der Waals surface area contributed by atoms with Crippen molar-refractivity contribution in [2.24, 2.45) is 0 Å². The van der Waals surface area contributed by atoms with Crippen LogP contribution in [0, 0.1) is 0 Å². The van der Waals surface area contributed by atoms with Crippen molar-refractivity contribution >= 4 is 22.7 Å². The number of aryl methyl sites for hydroxylation is 2. The molecule has 0 saturated heterocycles. The molecule has 3 rings (SSSR count). The van der Waals surface area contributed by atoms with Gasteiger partial charge in [0.2, 0.25) is 0 Å². The topological polar surface area (TPSA) is 12.0 Å². The highest BCUT2D eigenvalue weighted by Gasteiger charge is 2.28. The Kier molecular flexibility index (Phi) is 5.50. The Morgan fingerprint density at radius 3 is 3.10 bits per heavy atom. The molecule has 0 radical (unpaired) electrons. The maximum Gasteiger partial charge on any atom is 0.0139 e. The maximum absolute atomic E-state index is 3.84. The largest absolute Gasteiger partial charge is 0.313 e. The van der Waals surface area contributed by atoms with Gasteiger partial charge in [-0.2, -0.15) is 11.3 Å². The molecule has 2 aromatic heterocycles. The SMILES string of the molecule is CCCNC(CCc1ccsc1)C1CCCc2sccc21. The van der Waals surface area contributed by atoms with Crippen LogP contribution in [0.3, 0.4) is 0 Å². The first-order valence-corrected chi connectivity index (χ1v) is 10.0. The van der Waals surface area contributed by atoms with Gasteiger partial charge in [0.1, 0.15) is 0 Å². The molecular weight excluding hydrogens is 294 g/mol. The van der Waals surface area contributed by atoms with E-state index in [1.165, 1.54) is 44.1 Å². The predicted molar refractivity (Wildman–Crippen MR) is 94.7 cm³/mol. The average molecular weight is 320 g/mol. The molecule has 1 N–H and O–H groups in total. The number of rotatable bonds is 7. The molecule has 114 valence electrons. The molecule has 3 heteroatoms. The number of fused-ring (bicyclic) bond motifs is 1. The van der Waals surface area contributed by atoms with E-state index in [-0.39, 0.29) is 0 Å². The first-order chi connectivity index (χ1) is 10.4. The number of hydrogen-bond donors (Lipinski definition) is 1. The van der Waals surface area contributed by atoms with Gasteiger partial charge >= 0.3 is 0 Å². The van der Waals surface area contributed by atoms with Crippen LogP contribution in [0.4, 0.5) is 0 Å². The zero-order valence-corrected chi connectivity index (χ0v) is 14.4. The fourth-order valence-electron chi connectivity index (χ4n) is 3.47. The van der Waals surface area contributed by atoms with Crippen LogP contribution in [-0.2, 0) is 12.8 Å². The zero-order chi connectivity index (χ0) is 14.5. The van der Waals surface area contributed by atoms with Gasteiger partial charge in [-0.3, -0.25) is 0 Å². The molecule has 1 aliphatic carbocycles. The molecule has 2 heterocycles. The second-order valence-electron chi connectivity index (χ2n) is 6.03. The molecule has 0 fully saturated rings. The van der Waals surface area contributed by atoms with E-state index in [0.717, 1.165) is 12.5 Å². The Balaban J connectivity index is 1.70. The highest BCUT2D eigenvalue weighted by molar-refractivity contribution is 7.10. The number of thiophene rings is 2. The van der Waals surface area contributed by atoms with Crippen LogP contribution in [-0.4, -0.2) is 12.6 Å². The van der Waals surface area contributed by atoms with Crippen molar-refractivity contribution in [2.75, 3.05) is 6.54 Å². The molecule has 2 aromatic rings. The van der Waals surface area contributed by atoms with Crippen molar-refractivity contribution < 1.29 is 0 Å². The molecule has 2 unspecified atom stereocenters. The van der Waals surface area contributed by atoms with Gasteiger partial charge in [0.05, 0.1) is 0 Å². The first-order valence-electron chi connectivity index (χ1n) is 8.19. The highest BCUT2D eigenvalue weighted by atomic mass is 32.1. The molecule has 0 saturated carbocycles. The van der Waals surface area contributed by atoms with E-state index in [2.05, 4.69) is 40.5 Å². The number of hydrogen-bond acceptors (Lipinski definition) is 3. The monoisotopic (exact) mass is 319 g/mol. The summed E-state index contributed by atoms with van der Waals surface area (Å²) in [6.45, 7) is 3.41. The van der Waals surface area contributed by atoms with Crippen molar-refractivity contribution in [1.29, 1.82) is 0 Å². The van der Waals surface area contributed by atoms with Gasteiger partial charge in [0.25, 0.3) is 0 Å². The fraction of sp³-hybridized carbons (Fsp3) is 0.556. The van der Waals surface area contributed by atoms with Crippen LogP contribution < -0.4 is 5.32 Å². The van der Waals surface area contributed by atoms with Crippen LogP contribution >= 0.6 is 22.7 Å². The summed E-state index contributed by atoms with van der Waals surface area (Å²) in [4.78, 5) is 1.64. The lowest BCUT2D eigenvalue weighted by Gasteiger charge is -2.31. The third-order valence-corrected chi connectivity index (χ3v) is 6.29. The van der Waals surface area contributed by atoms with E-state index in [1.807, 2.05) is 22.7 Å². The smallest absolute Gasteiger partial charge is 0.0139 e. The summed E-state index contributed by atoms with van der Waals surface area (Å²) in [6, 6.07) is 5.30. The normalized spacial score (nSPS) is 19.4. The lowest BCUT2D eigenvalue weighted by molar-refractivity contribution is 0.375. The summed E-state index contributed by atoms with van der Waals surface area (Å²) in [5.41, 5.74) is 3.15. The van der Waals surface area contributed by atoms with Crippen LogP contribution in [0.1, 0.15) is 54.5 Å². The summed E-state index contributed by atoms with van der Waals surface area (Å²) < 4.78 is 0. The summed E-state index contributed by atoms with van der Waals surface area (Å²) in [5.74, 6) is 0.727. The lowest BCUT2D eigenvalue weighted by Crippen LogP contribution is -2.37. The third-order valence-electron chi connectivity index (χ3n) is 4.56. The molecule has 0 aliphatic heterocycles. The summed E-state index contributed by atoms with van der Waals surface area (Å²) in [5, 5.41) is 10.6. The Hall–Kier alpha value is -0.640. The third kappa shape index (κ3) is 3.77. The fourth-order valence-corrected chi connectivity index (χ4v) is 5.17. The molecule has 0 bridgehead atoms. The molecule has 1 aliphatic rings. The van der Waals surface area contributed by atoms with Crippen molar-refractivity contribution in [3.8, 4) is 0 Å². The predicted octanol–water partition coefficient (Wildman–Crippen LogP) is 5.23. The van der Waals surface area contributed by atoms with E-state index >= 15 is 0 Å². The number of nitrogens with one attached hydrogen (secondary N) is 1. The Morgan fingerprint density at radius 1 is 1.33 bits per heavy atom. The summed E-state index contributed by atoms with van der Waals surface area (Å²) in [6.07, 6.45) is 7.71. The minimum absolute atomic E-state index is 0.637. The summed E-state index contributed by atoms with van der Waals surface area (Å²) in [7, 11) is 0. The standard InChI is InChI=1S/C18H25NS2/c1-2-10-19-17(7-6-14-8-11-20-13-14)15-4-3-5-18-16(15)9-12-21-18/h8-9,11-13,15,17,19H,2-7,10H2,1H3. The lowest BCUT2D eigenvalue weighted by atomic mass is 9.80. The molecule has 21 heavy (non-hydrogen) atoms. The van der Waals surface area contributed by atoms with Crippen molar-refractivity contribution in [3.63, 3.8) is 0 Å². The quantitative estimate of drug-likeness (QED) is 0.737. The molecule has 0 spiro atoms. The van der Waals surface area contributed by atoms with Gasteiger partial charge in [0.15, 0.2) is 0 Å². The summed E-state index contributed by atoms with van der Waals surface area (Å²) >= 11 is 3.78. The van der Waals surface area contributed by atoms with Crippen LogP contribution in [0.2, 0.25) is 0 Å². The van der Waals surface area contributed by atoms with Crippen LogP contribution in [0.15, 0.2) is 28.3 Å². The second-order valence-corrected chi connectivity index (χ2v) is 7.81.